The van der Waals surface area contributed by atoms with Crippen molar-refractivity contribution < 1.29 is 18.4 Å². The van der Waals surface area contributed by atoms with Gasteiger partial charge in [0.2, 0.25) is 11.8 Å². The van der Waals surface area contributed by atoms with Gasteiger partial charge in [-0.05, 0) is 55.9 Å². The molecule has 1 aromatic heterocycles. The molecule has 182 valence electrons. The zero-order chi connectivity index (χ0) is 25.0. The number of nitrogens with one attached hydrogen (secondary N) is 1. The van der Waals surface area contributed by atoms with Crippen LogP contribution in [0, 0.1) is 23.7 Å². The lowest BCUT2D eigenvalue weighted by atomic mass is 9.39. The van der Waals surface area contributed by atoms with Gasteiger partial charge in [0.15, 0.2) is 0 Å². The summed E-state index contributed by atoms with van der Waals surface area (Å²) in [6, 6.07) is 9.09. The second kappa shape index (κ2) is 8.01. The third-order valence-corrected chi connectivity index (χ3v) is 7.82. The van der Waals surface area contributed by atoms with Gasteiger partial charge in [0.1, 0.15) is 5.82 Å². The van der Waals surface area contributed by atoms with Crippen molar-refractivity contribution in [1.29, 1.82) is 5.26 Å². The molecule has 0 spiro atoms. The topological polar surface area (TPSA) is 112 Å². The van der Waals surface area contributed by atoms with Crippen LogP contribution in [0.4, 0.5) is 14.6 Å². The van der Waals surface area contributed by atoms with Crippen LogP contribution < -0.4 is 16.0 Å². The molecule has 2 amide bonds. The summed E-state index contributed by atoms with van der Waals surface area (Å²) >= 11 is 0. The van der Waals surface area contributed by atoms with E-state index < -0.39 is 16.9 Å². The summed E-state index contributed by atoms with van der Waals surface area (Å²) in [4.78, 5) is 31.7. The van der Waals surface area contributed by atoms with Gasteiger partial charge in [0, 0.05) is 43.2 Å². The summed E-state index contributed by atoms with van der Waals surface area (Å²) < 4.78 is 28.1. The highest BCUT2D eigenvalue weighted by Gasteiger charge is 2.71. The van der Waals surface area contributed by atoms with Gasteiger partial charge in [-0.1, -0.05) is 12.1 Å². The number of amides is 2. The minimum absolute atomic E-state index is 0.103. The van der Waals surface area contributed by atoms with Crippen LogP contribution in [0.15, 0.2) is 30.5 Å². The fraction of sp³-hybridized carbons (Fsp3) is 0.462. The van der Waals surface area contributed by atoms with Crippen molar-refractivity contribution in [3.63, 3.8) is 0 Å². The Kier molecular flexibility index (Phi) is 5.31. The van der Waals surface area contributed by atoms with Crippen molar-refractivity contribution in [2.75, 3.05) is 18.0 Å². The molecule has 9 heteroatoms. The van der Waals surface area contributed by atoms with Gasteiger partial charge in [-0.25, -0.2) is 13.8 Å². The molecule has 1 aliphatic heterocycles. The molecule has 1 aromatic carbocycles. The number of hydrogen-bond acceptors (Lipinski definition) is 5. The molecular formula is C26H27F2N5O2. The molecule has 0 atom stereocenters. The third kappa shape index (κ3) is 3.91. The first-order valence-corrected chi connectivity index (χ1v) is 11.8. The van der Waals surface area contributed by atoms with E-state index in [4.69, 9.17) is 11.0 Å². The van der Waals surface area contributed by atoms with E-state index in [-0.39, 0.29) is 31.2 Å². The Morgan fingerprint density at radius 1 is 1.14 bits per heavy atom. The minimum Gasteiger partial charge on any atom is -0.369 e. The van der Waals surface area contributed by atoms with Crippen LogP contribution in [-0.4, -0.2) is 41.3 Å². The predicted molar refractivity (Wildman–Crippen MR) is 126 cm³/mol. The van der Waals surface area contributed by atoms with Gasteiger partial charge in [-0.2, -0.15) is 5.26 Å². The fourth-order valence-corrected chi connectivity index (χ4v) is 5.88. The smallest absolute Gasteiger partial charge is 0.255 e. The van der Waals surface area contributed by atoms with Crippen molar-refractivity contribution in [2.45, 2.75) is 56.9 Å². The maximum absolute atomic E-state index is 14.0. The van der Waals surface area contributed by atoms with Crippen LogP contribution in [-0.2, 0) is 4.79 Å². The lowest BCUT2D eigenvalue weighted by Gasteiger charge is -2.68. The number of carbonyl (C=O) groups is 2. The van der Waals surface area contributed by atoms with E-state index in [9.17, 15) is 18.4 Å². The van der Waals surface area contributed by atoms with E-state index in [1.165, 1.54) is 0 Å². The highest BCUT2D eigenvalue weighted by Crippen LogP contribution is 2.67. The largest absolute Gasteiger partial charge is 0.369 e. The van der Waals surface area contributed by atoms with Gasteiger partial charge in [0.05, 0.1) is 22.6 Å². The Balaban J connectivity index is 1.50. The summed E-state index contributed by atoms with van der Waals surface area (Å²) in [5, 5.41) is 12.2. The number of rotatable bonds is 5. The molecule has 0 unspecified atom stereocenters. The Hall–Kier alpha value is -3.54. The molecular weight excluding hydrogens is 452 g/mol. The number of hydrogen-bond donors (Lipinski definition) is 2. The van der Waals surface area contributed by atoms with Crippen LogP contribution >= 0.6 is 0 Å². The lowest BCUT2D eigenvalue weighted by molar-refractivity contribution is -0.174. The third-order valence-electron chi connectivity index (χ3n) is 7.82. The monoisotopic (exact) mass is 479 g/mol. The van der Waals surface area contributed by atoms with E-state index in [2.05, 4.69) is 16.4 Å². The standard InChI is InChI=1S/C26H27F2N5O2/c1-16-19(18-5-3-17(11-29)4-6-18)12-31-21(33-9-2-7-26(27,28)8-10-33)20(16)22(34)32-25-13-24(14-25,15-25)23(30)35/h3-6,12H,2,7-10,13-15H2,1H3,(H2,30,35)(H,32,34). The number of pyridine rings is 1. The maximum atomic E-state index is 14.0. The van der Waals surface area contributed by atoms with E-state index in [1.54, 1.807) is 35.4 Å². The summed E-state index contributed by atoms with van der Waals surface area (Å²) in [7, 11) is 0. The first-order chi connectivity index (χ1) is 16.6. The number of benzene rings is 1. The Bertz CT molecular complexity index is 1230. The number of carbonyl (C=O) groups excluding carboxylic acids is 2. The molecule has 3 aliphatic carbocycles. The summed E-state index contributed by atoms with van der Waals surface area (Å²) in [5.74, 6) is -3.00. The predicted octanol–water partition coefficient (Wildman–Crippen LogP) is 3.69. The number of anilines is 1. The van der Waals surface area contributed by atoms with Gasteiger partial charge < -0.3 is 16.0 Å². The Morgan fingerprint density at radius 2 is 1.83 bits per heavy atom. The van der Waals surface area contributed by atoms with Crippen LogP contribution in [0.2, 0.25) is 0 Å². The van der Waals surface area contributed by atoms with Gasteiger partial charge in [-0.3, -0.25) is 9.59 Å². The highest BCUT2D eigenvalue weighted by atomic mass is 19.3. The molecule has 4 fully saturated rings. The van der Waals surface area contributed by atoms with E-state index in [1.807, 2.05) is 6.92 Å². The van der Waals surface area contributed by atoms with Crippen molar-refractivity contribution in [3.8, 4) is 17.2 Å². The average Bonchev–Trinajstić information content (AvgIpc) is 2.95. The first kappa shape index (κ1) is 23.2. The molecule has 1 saturated heterocycles. The number of nitrogens with two attached hydrogens (primary N) is 1. The van der Waals surface area contributed by atoms with Gasteiger partial charge in [-0.15, -0.1) is 0 Å². The lowest BCUT2D eigenvalue weighted by Crippen LogP contribution is -2.78. The molecule has 35 heavy (non-hydrogen) atoms. The molecule has 7 nitrogen and oxygen atoms in total. The van der Waals surface area contributed by atoms with Crippen molar-refractivity contribution >= 4 is 17.6 Å². The Labute approximate surface area is 202 Å². The first-order valence-electron chi connectivity index (χ1n) is 11.8. The van der Waals surface area contributed by atoms with E-state index in [0.717, 1.165) is 11.1 Å². The second-order valence-electron chi connectivity index (χ2n) is 10.3. The van der Waals surface area contributed by atoms with Crippen LogP contribution in [0.3, 0.4) is 0 Å². The number of primary amides is 1. The zero-order valence-electron chi connectivity index (χ0n) is 19.5. The molecule has 3 N–H and O–H groups in total. The minimum atomic E-state index is -2.73. The highest BCUT2D eigenvalue weighted by molar-refractivity contribution is 6.03. The van der Waals surface area contributed by atoms with Crippen LogP contribution in [0.25, 0.3) is 11.1 Å². The van der Waals surface area contributed by atoms with Crippen LogP contribution in [0.1, 0.15) is 60.0 Å². The van der Waals surface area contributed by atoms with Crippen LogP contribution in [0.5, 0.6) is 0 Å². The molecule has 3 saturated carbocycles. The van der Waals surface area contributed by atoms with Crippen molar-refractivity contribution in [3.05, 3.63) is 47.2 Å². The number of nitriles is 1. The fourth-order valence-electron chi connectivity index (χ4n) is 5.88. The summed E-state index contributed by atoms with van der Waals surface area (Å²) in [5.41, 5.74) is 7.64. The van der Waals surface area contributed by atoms with E-state index >= 15 is 0 Å². The van der Waals surface area contributed by atoms with Gasteiger partial charge in [0.25, 0.3) is 5.91 Å². The van der Waals surface area contributed by atoms with E-state index in [0.29, 0.717) is 54.7 Å². The number of alkyl halides is 2. The Morgan fingerprint density at radius 3 is 2.46 bits per heavy atom. The maximum Gasteiger partial charge on any atom is 0.255 e. The molecule has 2 heterocycles. The molecule has 0 radical (unpaired) electrons. The number of aromatic nitrogens is 1. The summed E-state index contributed by atoms with van der Waals surface area (Å²) in [6.45, 7) is 2.31. The quantitative estimate of drug-likeness (QED) is 0.679. The second-order valence-corrected chi connectivity index (χ2v) is 10.3. The molecule has 4 aliphatic rings. The number of halogens is 2. The molecule has 2 bridgehead atoms. The van der Waals surface area contributed by atoms with Crippen molar-refractivity contribution in [2.24, 2.45) is 11.1 Å². The normalized spacial score (nSPS) is 26.5. The zero-order valence-corrected chi connectivity index (χ0v) is 19.5. The average molecular weight is 480 g/mol. The number of nitrogens with zero attached hydrogens (tertiary/aromatic N) is 3. The summed E-state index contributed by atoms with van der Waals surface area (Å²) in [6.07, 6.45) is 3.05. The van der Waals surface area contributed by atoms with Gasteiger partial charge >= 0.3 is 0 Å². The van der Waals surface area contributed by atoms with Crippen molar-refractivity contribution in [1.82, 2.24) is 10.3 Å². The SMILES string of the molecule is Cc1c(-c2ccc(C#N)cc2)cnc(N2CCCC(F)(F)CC2)c1C(=O)NC12CC(C(N)=O)(C1)C2. The molecule has 6 rings (SSSR count). The molecule has 2 aromatic rings.